The first kappa shape index (κ1) is 17.4. The monoisotopic (exact) mass is 326 g/mol. The van der Waals surface area contributed by atoms with Crippen LogP contribution in [0.4, 0.5) is 0 Å². The molecule has 1 atom stereocenters. The number of carbonyl (C=O) groups excluding carboxylic acids is 1. The van der Waals surface area contributed by atoms with Gasteiger partial charge in [0.1, 0.15) is 0 Å². The molecule has 1 unspecified atom stereocenters. The molecule has 3 N–H and O–H groups in total. The molecule has 2 aliphatic rings. The molecule has 1 aliphatic heterocycles. The highest BCUT2D eigenvalue weighted by Crippen LogP contribution is 2.36. The summed E-state index contributed by atoms with van der Waals surface area (Å²) in [6.45, 7) is 4.85. The second-order valence-electron chi connectivity index (χ2n) is 6.53. The Bertz CT molecular complexity index is 390. The highest BCUT2D eigenvalue weighted by atomic mass is 32.2. The molecule has 126 valence electrons. The van der Waals surface area contributed by atoms with E-state index >= 15 is 0 Å². The quantitative estimate of drug-likeness (QED) is 0.379. The van der Waals surface area contributed by atoms with Crippen molar-refractivity contribution in [2.45, 2.75) is 50.2 Å². The average Bonchev–Trinajstić information content (AvgIpc) is 2.87. The van der Waals surface area contributed by atoms with Gasteiger partial charge in [0.25, 0.3) is 0 Å². The van der Waals surface area contributed by atoms with Crippen LogP contribution in [0.15, 0.2) is 4.99 Å². The topological polar surface area (TPSA) is 65.5 Å². The van der Waals surface area contributed by atoms with Crippen LogP contribution < -0.4 is 16.0 Å². The van der Waals surface area contributed by atoms with Crippen LogP contribution >= 0.6 is 11.8 Å². The molecule has 0 aromatic carbocycles. The predicted molar refractivity (Wildman–Crippen MR) is 94.4 cm³/mol. The third kappa shape index (κ3) is 5.38. The summed E-state index contributed by atoms with van der Waals surface area (Å²) in [5.74, 6) is 2.65. The Balaban J connectivity index is 1.53. The fraction of sp³-hybridized carbons (Fsp3) is 0.875. The number of thioether (sulfide) groups is 1. The molecule has 0 spiro atoms. The fourth-order valence-corrected chi connectivity index (χ4v) is 4.03. The van der Waals surface area contributed by atoms with Crippen molar-refractivity contribution in [2.75, 3.05) is 32.4 Å². The van der Waals surface area contributed by atoms with Crippen LogP contribution in [0, 0.1) is 5.92 Å². The molecule has 2 rings (SSSR count). The molecule has 0 bridgehead atoms. The Labute approximate surface area is 138 Å². The number of guanidine groups is 1. The van der Waals surface area contributed by atoms with Crippen LogP contribution in [-0.4, -0.2) is 49.0 Å². The summed E-state index contributed by atoms with van der Waals surface area (Å²) in [6, 6.07) is 0. The van der Waals surface area contributed by atoms with Crippen LogP contribution in [0.5, 0.6) is 0 Å². The zero-order chi connectivity index (χ0) is 15.8. The molecular weight excluding hydrogens is 296 g/mol. The van der Waals surface area contributed by atoms with E-state index in [1.165, 1.54) is 25.0 Å². The van der Waals surface area contributed by atoms with Crippen LogP contribution in [0.25, 0.3) is 0 Å². The number of aliphatic imine (C=N–C) groups is 1. The minimum Gasteiger partial charge on any atom is -0.356 e. The van der Waals surface area contributed by atoms with Gasteiger partial charge in [-0.15, -0.1) is 0 Å². The Morgan fingerprint density at radius 1 is 1.23 bits per heavy atom. The standard InChI is InChI=1S/C16H30N4OS/c1-16(8-4-11-22-16)12-20-15(17-2)19-10-5-9-18-14(21)13-6-3-7-13/h13H,3-12H2,1-2H3,(H,18,21)(H2,17,19,20). The fourth-order valence-electron chi connectivity index (χ4n) is 2.79. The SMILES string of the molecule is CN=C(NCCCNC(=O)C1CCC1)NCC1(C)CCCS1. The number of rotatable bonds is 7. The maximum absolute atomic E-state index is 11.7. The van der Waals surface area contributed by atoms with Gasteiger partial charge >= 0.3 is 0 Å². The van der Waals surface area contributed by atoms with Gasteiger partial charge in [-0.3, -0.25) is 9.79 Å². The van der Waals surface area contributed by atoms with E-state index < -0.39 is 0 Å². The largest absolute Gasteiger partial charge is 0.356 e. The van der Waals surface area contributed by atoms with Crippen molar-refractivity contribution in [3.8, 4) is 0 Å². The van der Waals surface area contributed by atoms with Crippen molar-refractivity contribution < 1.29 is 4.79 Å². The summed E-state index contributed by atoms with van der Waals surface area (Å²) >= 11 is 2.05. The highest BCUT2D eigenvalue weighted by Gasteiger charge is 2.29. The first-order chi connectivity index (χ1) is 10.6. The number of nitrogens with zero attached hydrogens (tertiary/aromatic N) is 1. The summed E-state index contributed by atoms with van der Waals surface area (Å²) < 4.78 is 0.342. The summed E-state index contributed by atoms with van der Waals surface area (Å²) in [5, 5.41) is 9.76. The third-order valence-corrected chi connectivity index (χ3v) is 6.11. The first-order valence-electron chi connectivity index (χ1n) is 8.49. The van der Waals surface area contributed by atoms with E-state index in [-0.39, 0.29) is 11.8 Å². The lowest BCUT2D eigenvalue weighted by Crippen LogP contribution is -2.44. The molecule has 22 heavy (non-hydrogen) atoms. The van der Waals surface area contributed by atoms with Gasteiger partial charge in [0.2, 0.25) is 5.91 Å². The number of carbonyl (C=O) groups is 1. The molecule has 1 aliphatic carbocycles. The molecule has 0 radical (unpaired) electrons. The lowest BCUT2D eigenvalue weighted by atomic mass is 9.85. The maximum atomic E-state index is 11.7. The Morgan fingerprint density at radius 2 is 2.00 bits per heavy atom. The molecule has 1 saturated heterocycles. The van der Waals surface area contributed by atoms with E-state index in [1.54, 1.807) is 7.05 Å². The van der Waals surface area contributed by atoms with E-state index in [0.717, 1.165) is 44.9 Å². The van der Waals surface area contributed by atoms with E-state index in [4.69, 9.17) is 0 Å². The van der Waals surface area contributed by atoms with E-state index in [2.05, 4.69) is 27.9 Å². The first-order valence-corrected chi connectivity index (χ1v) is 9.48. The molecule has 0 aromatic heterocycles. The van der Waals surface area contributed by atoms with Gasteiger partial charge < -0.3 is 16.0 Å². The summed E-state index contributed by atoms with van der Waals surface area (Å²) in [4.78, 5) is 16.0. The van der Waals surface area contributed by atoms with E-state index in [1.807, 2.05) is 11.8 Å². The van der Waals surface area contributed by atoms with Gasteiger partial charge in [-0.05, 0) is 44.8 Å². The molecule has 0 aromatic rings. The van der Waals surface area contributed by atoms with Crippen LogP contribution in [0.1, 0.15) is 45.4 Å². The van der Waals surface area contributed by atoms with Crippen LogP contribution in [0.2, 0.25) is 0 Å². The van der Waals surface area contributed by atoms with Crippen LogP contribution in [0.3, 0.4) is 0 Å². The Kier molecular flexibility index (Phi) is 6.86. The summed E-state index contributed by atoms with van der Waals surface area (Å²) in [5.41, 5.74) is 0. The maximum Gasteiger partial charge on any atom is 0.223 e. The van der Waals surface area contributed by atoms with Gasteiger partial charge in [-0.2, -0.15) is 11.8 Å². The molecule has 2 fully saturated rings. The summed E-state index contributed by atoms with van der Waals surface area (Å²) in [6.07, 6.45) is 6.85. The van der Waals surface area contributed by atoms with Crippen molar-refractivity contribution in [3.63, 3.8) is 0 Å². The minimum absolute atomic E-state index is 0.236. The molecule has 6 heteroatoms. The Morgan fingerprint density at radius 3 is 2.59 bits per heavy atom. The van der Waals surface area contributed by atoms with Crippen molar-refractivity contribution >= 4 is 23.6 Å². The minimum atomic E-state index is 0.236. The number of nitrogens with one attached hydrogen (secondary N) is 3. The van der Waals surface area contributed by atoms with E-state index in [9.17, 15) is 4.79 Å². The normalized spacial score (nSPS) is 25.6. The van der Waals surface area contributed by atoms with Crippen LogP contribution in [-0.2, 0) is 4.79 Å². The zero-order valence-corrected chi connectivity index (χ0v) is 14.7. The lowest BCUT2D eigenvalue weighted by Gasteiger charge is -2.25. The van der Waals surface area contributed by atoms with Gasteiger partial charge in [0.05, 0.1) is 0 Å². The van der Waals surface area contributed by atoms with Gasteiger partial charge in [-0.25, -0.2) is 0 Å². The summed E-state index contributed by atoms with van der Waals surface area (Å²) in [7, 11) is 1.80. The zero-order valence-electron chi connectivity index (χ0n) is 13.9. The number of amides is 1. The molecular formula is C16H30N4OS. The molecule has 1 saturated carbocycles. The predicted octanol–water partition coefficient (Wildman–Crippen LogP) is 1.74. The smallest absolute Gasteiger partial charge is 0.223 e. The Hall–Kier alpha value is -0.910. The number of hydrogen-bond acceptors (Lipinski definition) is 3. The lowest BCUT2D eigenvalue weighted by molar-refractivity contribution is -0.127. The second kappa shape index (κ2) is 8.65. The highest BCUT2D eigenvalue weighted by molar-refractivity contribution is 8.00. The van der Waals surface area contributed by atoms with Gasteiger partial charge in [0.15, 0.2) is 5.96 Å². The number of hydrogen-bond donors (Lipinski definition) is 3. The van der Waals surface area contributed by atoms with Gasteiger partial charge in [0, 0.05) is 37.3 Å². The molecule has 1 amide bonds. The average molecular weight is 327 g/mol. The van der Waals surface area contributed by atoms with Crippen molar-refractivity contribution in [2.24, 2.45) is 10.9 Å². The van der Waals surface area contributed by atoms with Crippen molar-refractivity contribution in [1.82, 2.24) is 16.0 Å². The third-order valence-electron chi connectivity index (χ3n) is 4.58. The molecule has 1 heterocycles. The van der Waals surface area contributed by atoms with Gasteiger partial charge in [-0.1, -0.05) is 6.42 Å². The van der Waals surface area contributed by atoms with E-state index in [0.29, 0.717) is 4.75 Å². The second-order valence-corrected chi connectivity index (χ2v) is 8.21. The van der Waals surface area contributed by atoms with Crippen molar-refractivity contribution in [1.29, 1.82) is 0 Å². The van der Waals surface area contributed by atoms with Crippen molar-refractivity contribution in [3.05, 3.63) is 0 Å². The molecule has 5 nitrogen and oxygen atoms in total.